The van der Waals surface area contributed by atoms with Crippen molar-refractivity contribution in [1.82, 2.24) is 9.78 Å². The number of aryl methyl sites for hydroxylation is 1. The van der Waals surface area contributed by atoms with Gasteiger partial charge in [0, 0.05) is 24.7 Å². The zero-order chi connectivity index (χ0) is 14.2. The normalized spacial score (nSPS) is 10.5. The molecule has 0 atom stereocenters. The van der Waals surface area contributed by atoms with Crippen LogP contribution in [-0.2, 0) is 7.05 Å². The Morgan fingerprint density at radius 2 is 2.11 bits per heavy atom. The third kappa shape index (κ3) is 2.32. The molecule has 19 heavy (non-hydrogen) atoms. The van der Waals surface area contributed by atoms with Gasteiger partial charge in [0.2, 0.25) is 0 Å². The smallest absolute Gasteiger partial charge is 0.270 e. The summed E-state index contributed by atoms with van der Waals surface area (Å²) in [7, 11) is 1.56. The number of aldehydes is 1. The molecule has 0 bridgehead atoms. The topological polar surface area (TPSA) is 78.0 Å². The van der Waals surface area contributed by atoms with Crippen LogP contribution in [0.15, 0.2) is 18.2 Å². The lowest BCUT2D eigenvalue weighted by atomic mass is 10.1. The molecule has 0 unspecified atom stereocenters. The summed E-state index contributed by atoms with van der Waals surface area (Å²) in [6.07, 6.45) is 0.541. The van der Waals surface area contributed by atoms with Gasteiger partial charge in [-0.3, -0.25) is 19.6 Å². The van der Waals surface area contributed by atoms with E-state index in [9.17, 15) is 14.9 Å². The number of non-ortho nitro benzene ring substituents is 1. The van der Waals surface area contributed by atoms with E-state index in [1.54, 1.807) is 7.05 Å². The number of rotatable bonds is 3. The molecule has 98 valence electrons. The molecule has 0 spiro atoms. The summed E-state index contributed by atoms with van der Waals surface area (Å²) < 4.78 is 1.30. The van der Waals surface area contributed by atoms with Crippen LogP contribution in [0.5, 0.6) is 0 Å². The maximum atomic E-state index is 11.1. The molecule has 0 saturated carbocycles. The Hall–Kier alpha value is -1.92. The van der Waals surface area contributed by atoms with E-state index in [-0.39, 0.29) is 27.1 Å². The van der Waals surface area contributed by atoms with Gasteiger partial charge in [0.25, 0.3) is 5.69 Å². The number of nitrogens with zero attached hydrogens (tertiary/aromatic N) is 3. The van der Waals surface area contributed by atoms with E-state index in [4.69, 9.17) is 23.2 Å². The lowest BCUT2D eigenvalue weighted by Gasteiger charge is -2.01. The van der Waals surface area contributed by atoms with Gasteiger partial charge in [-0.25, -0.2) is 0 Å². The van der Waals surface area contributed by atoms with Gasteiger partial charge in [-0.1, -0.05) is 23.2 Å². The maximum absolute atomic E-state index is 11.1. The lowest BCUT2D eigenvalue weighted by molar-refractivity contribution is -0.384. The molecule has 0 radical (unpaired) electrons. The molecule has 0 saturated heterocycles. The van der Waals surface area contributed by atoms with Crippen molar-refractivity contribution in [3.8, 4) is 11.3 Å². The number of hydrogen-bond donors (Lipinski definition) is 0. The average molecular weight is 300 g/mol. The molecule has 0 aliphatic rings. The van der Waals surface area contributed by atoms with Gasteiger partial charge in [-0.15, -0.1) is 0 Å². The summed E-state index contributed by atoms with van der Waals surface area (Å²) >= 11 is 11.9. The van der Waals surface area contributed by atoms with E-state index in [0.29, 0.717) is 11.8 Å². The molecule has 0 N–H and O–H groups in total. The zero-order valence-electron chi connectivity index (χ0n) is 9.63. The third-order valence-electron chi connectivity index (χ3n) is 2.55. The van der Waals surface area contributed by atoms with E-state index in [1.165, 1.54) is 22.9 Å². The Morgan fingerprint density at radius 1 is 1.42 bits per heavy atom. The van der Waals surface area contributed by atoms with Crippen LogP contribution < -0.4 is 0 Å². The van der Waals surface area contributed by atoms with Crippen molar-refractivity contribution in [2.24, 2.45) is 7.05 Å². The third-order valence-corrected chi connectivity index (χ3v) is 3.32. The minimum Gasteiger partial charge on any atom is -0.298 e. The Morgan fingerprint density at radius 3 is 2.68 bits per heavy atom. The SMILES string of the molecule is Cn1nc(-c2cc([N+](=O)[O-])ccc2Cl)c(C=O)c1Cl. The zero-order valence-corrected chi connectivity index (χ0v) is 11.1. The molecule has 0 aliphatic heterocycles. The quantitative estimate of drug-likeness (QED) is 0.495. The molecule has 2 aromatic rings. The van der Waals surface area contributed by atoms with E-state index < -0.39 is 4.92 Å². The largest absolute Gasteiger partial charge is 0.298 e. The number of nitro groups is 1. The fourth-order valence-electron chi connectivity index (χ4n) is 1.63. The molecule has 0 aliphatic carbocycles. The van der Waals surface area contributed by atoms with Gasteiger partial charge < -0.3 is 0 Å². The summed E-state index contributed by atoms with van der Waals surface area (Å²) in [6, 6.07) is 3.91. The number of halogens is 2. The van der Waals surface area contributed by atoms with Crippen LogP contribution in [0.1, 0.15) is 10.4 Å². The van der Waals surface area contributed by atoms with Crippen LogP contribution in [0, 0.1) is 10.1 Å². The Balaban J connectivity index is 2.71. The number of hydrogen-bond acceptors (Lipinski definition) is 4. The van der Waals surface area contributed by atoms with Crippen molar-refractivity contribution in [2.45, 2.75) is 0 Å². The summed E-state index contributed by atoms with van der Waals surface area (Å²) in [6.45, 7) is 0. The van der Waals surface area contributed by atoms with Crippen molar-refractivity contribution < 1.29 is 9.72 Å². The molecule has 1 aromatic heterocycles. The maximum Gasteiger partial charge on any atom is 0.270 e. The molecule has 8 heteroatoms. The second-order valence-corrected chi connectivity index (χ2v) is 4.48. The van der Waals surface area contributed by atoms with Crippen LogP contribution in [0.25, 0.3) is 11.3 Å². The molecule has 6 nitrogen and oxygen atoms in total. The molecule has 2 rings (SSSR count). The summed E-state index contributed by atoms with van der Waals surface area (Å²) in [5, 5.41) is 15.2. The van der Waals surface area contributed by atoms with Gasteiger partial charge >= 0.3 is 0 Å². The Kier molecular flexibility index (Phi) is 3.55. The van der Waals surface area contributed by atoms with Gasteiger partial charge in [0.1, 0.15) is 10.8 Å². The van der Waals surface area contributed by atoms with Crippen molar-refractivity contribution >= 4 is 35.2 Å². The lowest BCUT2D eigenvalue weighted by Crippen LogP contribution is -1.92. The molecule has 1 aromatic carbocycles. The van der Waals surface area contributed by atoms with Gasteiger partial charge in [-0.05, 0) is 6.07 Å². The first-order chi connectivity index (χ1) is 8.95. The summed E-state index contributed by atoms with van der Waals surface area (Å²) in [4.78, 5) is 21.3. The van der Waals surface area contributed by atoms with Crippen LogP contribution in [0.4, 0.5) is 5.69 Å². The monoisotopic (exact) mass is 299 g/mol. The molecular formula is C11H7Cl2N3O3. The minimum absolute atomic E-state index is 0.141. The number of nitro benzene ring substituents is 1. The first-order valence-corrected chi connectivity index (χ1v) is 5.83. The van der Waals surface area contributed by atoms with Crippen molar-refractivity contribution in [3.05, 3.63) is 44.1 Å². The predicted molar refractivity (Wildman–Crippen MR) is 70.7 cm³/mol. The molecule has 1 heterocycles. The highest BCUT2D eigenvalue weighted by molar-refractivity contribution is 6.35. The van der Waals surface area contributed by atoms with Crippen LogP contribution in [0.2, 0.25) is 10.2 Å². The summed E-state index contributed by atoms with van der Waals surface area (Å²) in [5.74, 6) is 0. The first kappa shape index (κ1) is 13.5. The highest BCUT2D eigenvalue weighted by Crippen LogP contribution is 2.34. The van der Waals surface area contributed by atoms with Gasteiger partial charge in [0.05, 0.1) is 15.5 Å². The van der Waals surface area contributed by atoms with Gasteiger partial charge in [-0.2, -0.15) is 5.10 Å². The second-order valence-electron chi connectivity index (χ2n) is 3.72. The number of aromatic nitrogens is 2. The Labute approximate surface area is 117 Å². The Bertz CT molecular complexity index is 682. The van der Waals surface area contributed by atoms with E-state index in [0.717, 1.165) is 0 Å². The predicted octanol–water partition coefficient (Wildman–Crippen LogP) is 3.11. The average Bonchev–Trinajstić information content (AvgIpc) is 2.65. The van der Waals surface area contributed by atoms with E-state index in [1.807, 2.05) is 0 Å². The highest BCUT2D eigenvalue weighted by atomic mass is 35.5. The summed E-state index contributed by atoms with van der Waals surface area (Å²) in [5.41, 5.74) is 0.515. The van der Waals surface area contributed by atoms with Crippen LogP contribution in [0.3, 0.4) is 0 Å². The van der Waals surface area contributed by atoms with Crippen LogP contribution >= 0.6 is 23.2 Å². The van der Waals surface area contributed by atoms with E-state index >= 15 is 0 Å². The standard InChI is InChI=1S/C11H7Cl2N3O3/c1-15-11(13)8(5-17)10(14-15)7-4-6(16(18)19)2-3-9(7)12/h2-5H,1H3. The first-order valence-electron chi connectivity index (χ1n) is 5.07. The van der Waals surface area contributed by atoms with Crippen LogP contribution in [-0.4, -0.2) is 21.0 Å². The van der Waals surface area contributed by atoms with Crippen molar-refractivity contribution in [2.75, 3.05) is 0 Å². The second kappa shape index (κ2) is 4.99. The fourth-order valence-corrected chi connectivity index (χ4v) is 2.01. The number of benzene rings is 1. The molecule has 0 fully saturated rings. The minimum atomic E-state index is -0.551. The number of carbonyl (C=O) groups excluding carboxylic acids is 1. The molecule has 0 amide bonds. The van der Waals surface area contributed by atoms with Crippen molar-refractivity contribution in [1.29, 1.82) is 0 Å². The molecular weight excluding hydrogens is 293 g/mol. The van der Waals surface area contributed by atoms with E-state index in [2.05, 4.69) is 5.10 Å². The number of carbonyl (C=O) groups is 1. The van der Waals surface area contributed by atoms with Gasteiger partial charge in [0.15, 0.2) is 6.29 Å². The highest BCUT2D eigenvalue weighted by Gasteiger charge is 2.20. The van der Waals surface area contributed by atoms with Crippen molar-refractivity contribution in [3.63, 3.8) is 0 Å². The fraction of sp³-hybridized carbons (Fsp3) is 0.0909.